The molecule has 0 atom stereocenters. The molecule has 6 aromatic rings. The first-order valence-electron chi connectivity index (χ1n) is 14.9. The summed E-state index contributed by atoms with van der Waals surface area (Å²) in [5.41, 5.74) is 0. The van der Waals surface area contributed by atoms with E-state index in [1.54, 1.807) is 0 Å². The van der Waals surface area contributed by atoms with Gasteiger partial charge in [-0.1, -0.05) is 182 Å². The number of hydrogen-bond acceptors (Lipinski definition) is 2. The number of benzene rings is 6. The number of carboxylic acid groups (broad SMARTS) is 2. The molecule has 0 aliphatic carbocycles. The zero-order valence-corrected chi connectivity index (χ0v) is 27.1. The normalized spacial score (nSPS) is 10.2. The molecule has 230 valence electrons. The van der Waals surface area contributed by atoms with Gasteiger partial charge in [-0.15, -0.1) is 0 Å². The standard InChI is InChI=1S/2C18H15P.C4H6O4/c2*1-4-10-16(11-5-1)19(17-12-6-2-7-13-17)18-14-8-3-9-15-18;5-3(6)1-2-4(7)8/h2*1-15H;1-2H2,(H,5,6)(H,7,8). The number of hydrogen-bond donors (Lipinski definition) is 2. The van der Waals surface area contributed by atoms with Crippen molar-refractivity contribution >= 4 is 59.6 Å². The van der Waals surface area contributed by atoms with Gasteiger partial charge in [0.05, 0.1) is 12.8 Å². The average Bonchev–Trinajstić information content (AvgIpc) is 3.11. The Balaban J connectivity index is 0.000000170. The van der Waals surface area contributed by atoms with Crippen molar-refractivity contribution in [1.82, 2.24) is 0 Å². The topological polar surface area (TPSA) is 74.6 Å². The number of rotatable bonds is 9. The van der Waals surface area contributed by atoms with E-state index in [9.17, 15) is 9.59 Å². The smallest absolute Gasteiger partial charge is 0.303 e. The fourth-order valence-corrected chi connectivity index (χ4v) is 9.18. The summed E-state index contributed by atoms with van der Waals surface area (Å²) < 4.78 is 0. The van der Waals surface area contributed by atoms with Gasteiger partial charge in [0.2, 0.25) is 0 Å². The summed E-state index contributed by atoms with van der Waals surface area (Å²) in [6.45, 7) is 0. The first-order valence-corrected chi connectivity index (χ1v) is 17.6. The maximum absolute atomic E-state index is 9.64. The Morgan fingerprint density at radius 2 is 0.478 bits per heavy atom. The number of aliphatic carboxylic acids is 2. The summed E-state index contributed by atoms with van der Waals surface area (Å²) >= 11 is 0. The Morgan fingerprint density at radius 1 is 0.326 bits per heavy atom. The lowest BCUT2D eigenvalue weighted by Gasteiger charge is -2.18. The first kappa shape index (κ1) is 34.0. The second-order valence-electron chi connectivity index (χ2n) is 9.97. The third kappa shape index (κ3) is 10.9. The van der Waals surface area contributed by atoms with Gasteiger partial charge in [0.15, 0.2) is 0 Å². The molecule has 6 heteroatoms. The van der Waals surface area contributed by atoms with Crippen LogP contribution in [0, 0.1) is 0 Å². The molecule has 0 spiro atoms. The molecule has 4 nitrogen and oxygen atoms in total. The molecule has 0 aliphatic rings. The van der Waals surface area contributed by atoms with Gasteiger partial charge in [-0.05, 0) is 47.7 Å². The predicted molar refractivity (Wildman–Crippen MR) is 195 cm³/mol. The lowest BCUT2D eigenvalue weighted by molar-refractivity contribution is -0.143. The van der Waals surface area contributed by atoms with Gasteiger partial charge in [0.25, 0.3) is 0 Å². The molecule has 0 aliphatic heterocycles. The molecule has 46 heavy (non-hydrogen) atoms. The predicted octanol–water partition coefficient (Wildman–Crippen LogP) is 6.83. The van der Waals surface area contributed by atoms with Crippen LogP contribution in [0.3, 0.4) is 0 Å². The Bertz CT molecular complexity index is 1400. The van der Waals surface area contributed by atoms with E-state index in [1.165, 1.54) is 31.8 Å². The van der Waals surface area contributed by atoms with E-state index in [0.717, 1.165) is 0 Å². The van der Waals surface area contributed by atoms with Crippen LogP contribution in [-0.2, 0) is 9.59 Å². The van der Waals surface area contributed by atoms with Crippen molar-refractivity contribution in [1.29, 1.82) is 0 Å². The van der Waals surface area contributed by atoms with Crippen molar-refractivity contribution < 1.29 is 19.8 Å². The van der Waals surface area contributed by atoms with Crippen LogP contribution in [0.4, 0.5) is 0 Å². The molecule has 6 rings (SSSR count). The lowest BCUT2D eigenvalue weighted by atomic mass is 10.3. The van der Waals surface area contributed by atoms with Crippen molar-refractivity contribution in [2.45, 2.75) is 12.8 Å². The largest absolute Gasteiger partial charge is 0.481 e. The quantitative estimate of drug-likeness (QED) is 0.170. The van der Waals surface area contributed by atoms with Crippen molar-refractivity contribution in [3.05, 3.63) is 182 Å². The van der Waals surface area contributed by atoms with E-state index in [0.29, 0.717) is 0 Å². The Labute approximate surface area is 273 Å². The SMILES string of the molecule is O=C(O)CCC(=O)O.c1ccc(P(c2ccccc2)c2ccccc2)cc1.c1ccc(P(c2ccccc2)c2ccccc2)cc1. The Kier molecular flexibility index (Phi) is 13.9. The summed E-state index contributed by atoms with van der Waals surface area (Å²) in [6.07, 6.45) is -0.593. The van der Waals surface area contributed by atoms with E-state index in [1.807, 2.05) is 0 Å². The van der Waals surface area contributed by atoms with Crippen molar-refractivity contribution in [3.63, 3.8) is 0 Å². The van der Waals surface area contributed by atoms with Crippen LogP contribution in [0.2, 0.25) is 0 Å². The highest BCUT2D eigenvalue weighted by molar-refractivity contribution is 7.80. The van der Waals surface area contributed by atoms with Gasteiger partial charge in [-0.3, -0.25) is 9.59 Å². The Hall–Kier alpha value is -4.88. The third-order valence-electron chi connectivity index (χ3n) is 6.64. The lowest BCUT2D eigenvalue weighted by Crippen LogP contribution is -2.20. The molecule has 0 radical (unpaired) electrons. The molecule has 0 aromatic heterocycles. The van der Waals surface area contributed by atoms with Crippen molar-refractivity contribution in [2.24, 2.45) is 0 Å². The maximum atomic E-state index is 9.64. The molecule has 0 heterocycles. The van der Waals surface area contributed by atoms with Gasteiger partial charge in [0.1, 0.15) is 0 Å². The van der Waals surface area contributed by atoms with Crippen molar-refractivity contribution in [2.75, 3.05) is 0 Å². The van der Waals surface area contributed by atoms with E-state index in [4.69, 9.17) is 10.2 Å². The molecule has 0 fully saturated rings. The highest BCUT2D eigenvalue weighted by Gasteiger charge is 2.16. The molecule has 6 aromatic carbocycles. The summed E-state index contributed by atoms with van der Waals surface area (Å²) in [5.74, 6) is -2.15. The second kappa shape index (κ2) is 18.8. The van der Waals surface area contributed by atoms with Crippen LogP contribution in [0.15, 0.2) is 182 Å². The molecule has 0 amide bonds. The highest BCUT2D eigenvalue weighted by atomic mass is 31.1. The molecule has 0 saturated heterocycles. The van der Waals surface area contributed by atoms with E-state index < -0.39 is 27.8 Å². The molecular weight excluding hydrogens is 606 g/mol. The van der Waals surface area contributed by atoms with Gasteiger partial charge in [-0.25, -0.2) is 0 Å². The van der Waals surface area contributed by atoms with Gasteiger partial charge < -0.3 is 10.2 Å². The number of carboxylic acids is 2. The minimum atomic E-state index is -1.08. The molecular formula is C40H36O4P2. The van der Waals surface area contributed by atoms with E-state index in [-0.39, 0.29) is 12.8 Å². The molecule has 0 unspecified atom stereocenters. The van der Waals surface area contributed by atoms with Crippen LogP contribution >= 0.6 is 15.8 Å². The minimum absolute atomic E-state index is 0.296. The van der Waals surface area contributed by atoms with Gasteiger partial charge in [-0.2, -0.15) is 0 Å². The molecule has 2 N–H and O–H groups in total. The maximum Gasteiger partial charge on any atom is 0.303 e. The summed E-state index contributed by atoms with van der Waals surface area (Å²) in [6, 6.07) is 64.7. The zero-order valence-electron chi connectivity index (χ0n) is 25.3. The van der Waals surface area contributed by atoms with Crippen LogP contribution in [-0.4, -0.2) is 22.2 Å². The van der Waals surface area contributed by atoms with Gasteiger partial charge >= 0.3 is 11.9 Å². The number of carbonyl (C=O) groups is 2. The minimum Gasteiger partial charge on any atom is -0.481 e. The molecule has 0 saturated carbocycles. The summed E-state index contributed by atoms with van der Waals surface area (Å²) in [7, 11) is -0.892. The van der Waals surface area contributed by atoms with E-state index in [2.05, 4.69) is 182 Å². The molecule has 0 bridgehead atoms. The average molecular weight is 643 g/mol. The highest BCUT2D eigenvalue weighted by Crippen LogP contribution is 2.33. The summed E-state index contributed by atoms with van der Waals surface area (Å²) in [5, 5.41) is 24.2. The van der Waals surface area contributed by atoms with Crippen LogP contribution in [0.25, 0.3) is 0 Å². The monoisotopic (exact) mass is 642 g/mol. The van der Waals surface area contributed by atoms with Crippen LogP contribution in [0.1, 0.15) is 12.8 Å². The van der Waals surface area contributed by atoms with Crippen molar-refractivity contribution in [3.8, 4) is 0 Å². The Morgan fingerprint density at radius 3 is 0.609 bits per heavy atom. The fourth-order valence-electron chi connectivity index (χ4n) is 4.57. The van der Waals surface area contributed by atoms with E-state index >= 15 is 0 Å². The summed E-state index contributed by atoms with van der Waals surface area (Å²) in [4.78, 5) is 19.3. The van der Waals surface area contributed by atoms with Crippen LogP contribution in [0.5, 0.6) is 0 Å². The second-order valence-corrected chi connectivity index (χ2v) is 14.4. The van der Waals surface area contributed by atoms with Crippen LogP contribution < -0.4 is 31.8 Å². The fraction of sp³-hybridized carbons (Fsp3) is 0.0500. The zero-order chi connectivity index (χ0) is 32.4. The third-order valence-corrected chi connectivity index (χ3v) is 11.5. The first-order chi connectivity index (χ1) is 22.5. The van der Waals surface area contributed by atoms with Gasteiger partial charge in [0, 0.05) is 0 Å².